The summed E-state index contributed by atoms with van der Waals surface area (Å²) in [7, 11) is 1.19. The third-order valence-electron chi connectivity index (χ3n) is 11.2. The molecule has 3 saturated carbocycles. The van der Waals surface area contributed by atoms with Crippen LogP contribution in [0.15, 0.2) is 48.1 Å². The minimum absolute atomic E-state index is 0.0389. The highest BCUT2D eigenvalue weighted by Gasteiger charge is 2.68. The molecule has 46 heavy (non-hydrogen) atoms. The monoisotopic (exact) mass is 637 g/mol. The van der Waals surface area contributed by atoms with Gasteiger partial charge in [0.1, 0.15) is 17.4 Å². The van der Waals surface area contributed by atoms with Crippen molar-refractivity contribution in [3.63, 3.8) is 0 Å². The molecule has 4 aliphatic rings. The first-order valence-corrected chi connectivity index (χ1v) is 15.9. The fraction of sp³-hybridized carbons (Fsp3) is 0.571. The van der Waals surface area contributed by atoms with Gasteiger partial charge in [0.25, 0.3) is 0 Å². The Morgan fingerprint density at radius 2 is 1.80 bits per heavy atom. The predicted octanol–water partition coefficient (Wildman–Crippen LogP) is 2.49. The van der Waals surface area contributed by atoms with E-state index in [9.17, 15) is 39.3 Å². The third-order valence-corrected chi connectivity index (χ3v) is 11.2. The summed E-state index contributed by atoms with van der Waals surface area (Å²) >= 11 is 0. The molecule has 1 aromatic rings. The number of ether oxygens (including phenoxy) is 2. The van der Waals surface area contributed by atoms with Gasteiger partial charge in [-0.2, -0.15) is 0 Å². The molecule has 0 aliphatic heterocycles. The van der Waals surface area contributed by atoms with Crippen molar-refractivity contribution >= 4 is 29.4 Å². The van der Waals surface area contributed by atoms with Crippen LogP contribution in [0.3, 0.4) is 0 Å². The molecule has 1 amide bonds. The molecule has 1 unspecified atom stereocenters. The van der Waals surface area contributed by atoms with Crippen molar-refractivity contribution in [2.45, 2.75) is 83.0 Å². The highest BCUT2D eigenvalue weighted by Crippen LogP contribution is 2.67. The number of rotatable bonds is 10. The zero-order valence-electron chi connectivity index (χ0n) is 26.5. The third kappa shape index (κ3) is 6.02. The molecular weight excluding hydrogens is 594 g/mol. The number of carbonyl (C=O) groups excluding carboxylic acids is 5. The first-order chi connectivity index (χ1) is 21.7. The van der Waals surface area contributed by atoms with Crippen molar-refractivity contribution in [1.29, 1.82) is 0 Å². The Bertz CT molecular complexity index is 1470. The van der Waals surface area contributed by atoms with Gasteiger partial charge in [-0.15, -0.1) is 0 Å². The van der Waals surface area contributed by atoms with E-state index in [0.717, 1.165) is 12.0 Å². The van der Waals surface area contributed by atoms with Crippen LogP contribution >= 0.6 is 0 Å². The molecule has 3 fully saturated rings. The van der Waals surface area contributed by atoms with E-state index < -0.39 is 58.8 Å². The van der Waals surface area contributed by atoms with Gasteiger partial charge in [0, 0.05) is 29.6 Å². The van der Waals surface area contributed by atoms with Crippen molar-refractivity contribution in [2.75, 3.05) is 13.7 Å². The van der Waals surface area contributed by atoms with Crippen molar-refractivity contribution in [2.24, 2.45) is 28.6 Å². The van der Waals surface area contributed by atoms with E-state index in [4.69, 9.17) is 9.47 Å². The summed E-state index contributed by atoms with van der Waals surface area (Å²) in [4.78, 5) is 62.9. The Kier molecular flexibility index (Phi) is 9.30. The molecule has 5 rings (SSSR count). The number of amides is 1. The second kappa shape index (κ2) is 12.8. The Labute approximate surface area is 268 Å². The molecule has 8 atom stereocenters. The normalized spacial score (nSPS) is 33.5. The van der Waals surface area contributed by atoms with E-state index in [1.54, 1.807) is 24.3 Å². The largest absolute Gasteiger partial charge is 0.508 e. The minimum atomic E-state index is -1.79. The van der Waals surface area contributed by atoms with E-state index in [2.05, 4.69) is 12.2 Å². The van der Waals surface area contributed by atoms with Gasteiger partial charge in [0.15, 0.2) is 12.4 Å². The molecule has 0 saturated heterocycles. The number of nitrogens with one attached hydrogen (secondary N) is 1. The van der Waals surface area contributed by atoms with Crippen molar-refractivity contribution in [3.8, 4) is 5.75 Å². The van der Waals surface area contributed by atoms with Gasteiger partial charge in [-0.25, -0.2) is 4.79 Å². The van der Waals surface area contributed by atoms with Gasteiger partial charge in [-0.1, -0.05) is 37.6 Å². The molecule has 0 aromatic heterocycles. The van der Waals surface area contributed by atoms with Crippen molar-refractivity contribution < 1.29 is 48.8 Å². The molecule has 4 aliphatic carbocycles. The maximum atomic E-state index is 13.5. The predicted molar refractivity (Wildman–Crippen MR) is 164 cm³/mol. The average Bonchev–Trinajstić information content (AvgIpc) is 3.29. The van der Waals surface area contributed by atoms with Gasteiger partial charge < -0.3 is 30.1 Å². The smallest absolute Gasteiger partial charge is 0.328 e. The number of benzene rings is 1. The molecule has 0 spiro atoms. The molecule has 0 bridgehead atoms. The second-order valence-corrected chi connectivity index (χ2v) is 13.7. The SMILES string of the molecule is COC(=O)C(Cc1ccc(O)cc1)NC(=O)CCC(=O)OCC(=O)[C@@]1(O)CC[C@H]2[C@@H]3CCC4=CC(=O)C=C[C@]4(C)[C@H]3[C@@H](O)C[C@@]21C. The van der Waals surface area contributed by atoms with E-state index in [-0.39, 0.29) is 61.4 Å². The molecule has 0 heterocycles. The summed E-state index contributed by atoms with van der Waals surface area (Å²) in [6, 6.07) is 5.12. The molecular formula is C35H43NO10. The second-order valence-electron chi connectivity index (χ2n) is 13.7. The topological polar surface area (TPSA) is 177 Å². The average molecular weight is 638 g/mol. The molecule has 248 valence electrons. The lowest BCUT2D eigenvalue weighted by Gasteiger charge is -2.59. The lowest BCUT2D eigenvalue weighted by Crippen LogP contribution is -2.61. The zero-order chi connectivity index (χ0) is 33.4. The maximum absolute atomic E-state index is 13.5. The van der Waals surface area contributed by atoms with E-state index >= 15 is 0 Å². The van der Waals surface area contributed by atoms with Crippen LogP contribution in [0.1, 0.15) is 64.4 Å². The van der Waals surface area contributed by atoms with Gasteiger partial charge in [-0.3, -0.25) is 19.2 Å². The van der Waals surface area contributed by atoms with Crippen molar-refractivity contribution in [1.82, 2.24) is 5.32 Å². The van der Waals surface area contributed by atoms with Gasteiger partial charge >= 0.3 is 11.9 Å². The van der Waals surface area contributed by atoms with Crippen LogP contribution in [0.4, 0.5) is 0 Å². The number of esters is 2. The van der Waals surface area contributed by atoms with Crippen LogP contribution in [0.2, 0.25) is 0 Å². The minimum Gasteiger partial charge on any atom is -0.508 e. The lowest BCUT2D eigenvalue weighted by molar-refractivity contribution is -0.181. The standard InChI is InChI=1S/C35H43NO10/c1-33-14-12-23(38)17-21(33)6-9-24-25-13-15-35(44,34(25,2)18-27(39)31(24)33)28(40)19-46-30(42)11-10-29(41)36-26(32(43)45-3)16-20-4-7-22(37)8-5-20/h4-5,7-8,12,14,17,24-27,31,37,39,44H,6,9-11,13,15-16,18-19H2,1-3H3,(H,36,41)/t24-,25-,26?,27-,31+,33-,34-,35-/m0/s1. The van der Waals surface area contributed by atoms with Gasteiger partial charge in [0.05, 0.1) is 19.6 Å². The van der Waals surface area contributed by atoms with Crippen molar-refractivity contribution in [3.05, 3.63) is 53.6 Å². The number of aliphatic hydroxyl groups excluding tert-OH is 1. The van der Waals surface area contributed by atoms with Gasteiger partial charge in [-0.05, 0) is 73.8 Å². The Hall–Kier alpha value is -3.83. The highest BCUT2D eigenvalue weighted by molar-refractivity contribution is 6.01. The molecule has 4 N–H and O–H groups in total. The molecule has 11 nitrogen and oxygen atoms in total. The number of ketones is 2. The van der Waals surface area contributed by atoms with Crippen LogP contribution < -0.4 is 5.32 Å². The molecule has 1 aromatic carbocycles. The number of phenolic OH excluding ortho intramolecular Hbond substituents is 1. The van der Waals surface area contributed by atoms with Crippen LogP contribution in [0.5, 0.6) is 5.75 Å². The van der Waals surface area contributed by atoms with Crippen LogP contribution in [-0.2, 0) is 39.9 Å². The highest BCUT2D eigenvalue weighted by atomic mass is 16.5. The quantitative estimate of drug-likeness (QED) is 0.279. The summed E-state index contributed by atoms with van der Waals surface area (Å²) in [5.74, 6) is -2.83. The number of methoxy groups -OCH3 is 1. The number of phenols is 1. The fourth-order valence-electron chi connectivity index (χ4n) is 8.81. The summed E-state index contributed by atoms with van der Waals surface area (Å²) in [6.45, 7) is 3.24. The van der Waals surface area contributed by atoms with E-state index in [0.29, 0.717) is 18.4 Å². The number of aliphatic hydroxyl groups is 2. The lowest BCUT2D eigenvalue weighted by atomic mass is 9.46. The summed E-state index contributed by atoms with van der Waals surface area (Å²) in [5, 5.41) is 35.4. The van der Waals surface area contributed by atoms with Crippen LogP contribution in [0.25, 0.3) is 0 Å². The Morgan fingerprint density at radius 1 is 1.09 bits per heavy atom. The Balaban J connectivity index is 1.16. The zero-order valence-corrected chi connectivity index (χ0v) is 26.5. The summed E-state index contributed by atoms with van der Waals surface area (Å²) in [5.41, 5.74) is -1.49. The number of fused-ring (bicyclic) bond motifs is 5. The first kappa shape index (κ1) is 33.5. The number of allylic oxidation sites excluding steroid dienone is 4. The molecule has 0 radical (unpaired) electrons. The van der Waals surface area contributed by atoms with E-state index in [1.165, 1.54) is 19.2 Å². The molecule has 11 heteroatoms. The van der Waals surface area contributed by atoms with Crippen LogP contribution in [0, 0.1) is 28.6 Å². The Morgan fingerprint density at radius 3 is 2.50 bits per heavy atom. The first-order valence-electron chi connectivity index (χ1n) is 15.9. The summed E-state index contributed by atoms with van der Waals surface area (Å²) in [6.07, 6.45) is 6.24. The van der Waals surface area contributed by atoms with E-state index in [1.807, 2.05) is 13.0 Å². The van der Waals surface area contributed by atoms with Gasteiger partial charge in [0.2, 0.25) is 11.7 Å². The number of hydrogen-bond acceptors (Lipinski definition) is 10. The maximum Gasteiger partial charge on any atom is 0.328 e. The van der Waals surface area contributed by atoms with Crippen LogP contribution in [-0.4, -0.2) is 76.2 Å². The number of carbonyl (C=O) groups is 5. The summed E-state index contributed by atoms with van der Waals surface area (Å²) < 4.78 is 10.00. The number of hydrogen-bond donors (Lipinski definition) is 4. The number of Topliss-reactive ketones (excluding diaryl/α,β-unsaturated/α-hetero) is 1. The fourth-order valence-corrected chi connectivity index (χ4v) is 8.81. The number of aromatic hydroxyl groups is 1.